The lowest BCUT2D eigenvalue weighted by Crippen LogP contribution is -2.42. The van der Waals surface area contributed by atoms with Gasteiger partial charge in [0.15, 0.2) is 6.04 Å². The Kier molecular flexibility index (Phi) is 5.48. The molecule has 0 radical (unpaired) electrons. The van der Waals surface area contributed by atoms with Gasteiger partial charge in [0.05, 0.1) is 26.4 Å². The summed E-state index contributed by atoms with van der Waals surface area (Å²) in [5, 5.41) is 0. The molecule has 0 bridgehead atoms. The highest BCUT2D eigenvalue weighted by molar-refractivity contribution is 5.84. The largest absolute Gasteiger partial charge is 0.497 e. The first-order valence-electron chi connectivity index (χ1n) is 6.07. The van der Waals surface area contributed by atoms with Gasteiger partial charge in [0.2, 0.25) is 0 Å². The minimum absolute atomic E-state index is 0.232. The lowest BCUT2D eigenvalue weighted by Gasteiger charge is -2.21. The van der Waals surface area contributed by atoms with Gasteiger partial charge < -0.3 is 14.2 Å². The number of amides is 1. The first kappa shape index (κ1) is 14.3. The van der Waals surface area contributed by atoms with E-state index in [1.165, 1.54) is 4.90 Å². The van der Waals surface area contributed by atoms with E-state index in [1.807, 2.05) is 6.92 Å². The highest BCUT2D eigenvalue weighted by Gasteiger charge is 2.36. The van der Waals surface area contributed by atoms with E-state index in [-0.39, 0.29) is 19.8 Å². The van der Waals surface area contributed by atoms with Gasteiger partial charge in [-0.1, -0.05) is 0 Å². The lowest BCUT2D eigenvalue weighted by atomic mass is 10.3. The Bertz CT molecular complexity index is 339. The molecule has 102 valence electrons. The third kappa shape index (κ3) is 3.38. The topological polar surface area (TPSA) is 65.1 Å². The van der Waals surface area contributed by atoms with Crippen LogP contribution in [0.2, 0.25) is 0 Å². The van der Waals surface area contributed by atoms with Crippen LogP contribution in [0, 0.1) is 0 Å². The molecule has 0 saturated carbocycles. The molecule has 6 heteroatoms. The molecule has 1 aliphatic rings. The zero-order valence-corrected chi connectivity index (χ0v) is 11.0. The molecule has 1 heterocycles. The van der Waals surface area contributed by atoms with E-state index in [2.05, 4.69) is 0 Å². The van der Waals surface area contributed by atoms with Crippen LogP contribution < -0.4 is 0 Å². The second kappa shape index (κ2) is 6.88. The van der Waals surface area contributed by atoms with E-state index in [4.69, 9.17) is 14.2 Å². The van der Waals surface area contributed by atoms with E-state index in [0.717, 1.165) is 0 Å². The molecule has 0 unspecified atom stereocenters. The Balaban J connectivity index is 2.77. The summed E-state index contributed by atoms with van der Waals surface area (Å²) in [6.07, 6.45) is 1.06. The average molecular weight is 257 g/mol. The van der Waals surface area contributed by atoms with Crippen molar-refractivity contribution < 1.29 is 23.8 Å². The summed E-state index contributed by atoms with van der Waals surface area (Å²) in [6, 6.07) is -0.759. The smallest absolute Gasteiger partial charge is 0.411 e. The fourth-order valence-corrected chi connectivity index (χ4v) is 1.67. The van der Waals surface area contributed by atoms with Gasteiger partial charge in [-0.2, -0.15) is 0 Å². The standard InChI is InChI=1S/C12H19NO5/c1-4-16-9-7-10(11(14)17-5-2)13(8-9)12(15)18-6-3/h7,10H,4-6,8H2,1-3H3/t10-/m0/s1. The van der Waals surface area contributed by atoms with Crippen molar-refractivity contribution >= 4 is 12.1 Å². The maximum Gasteiger partial charge on any atom is 0.411 e. The quantitative estimate of drug-likeness (QED) is 0.695. The summed E-state index contributed by atoms with van der Waals surface area (Å²) in [6.45, 7) is 6.51. The lowest BCUT2D eigenvalue weighted by molar-refractivity contribution is -0.146. The fourth-order valence-electron chi connectivity index (χ4n) is 1.67. The van der Waals surface area contributed by atoms with Gasteiger partial charge in [0, 0.05) is 0 Å². The third-order valence-corrected chi connectivity index (χ3v) is 2.37. The highest BCUT2D eigenvalue weighted by atomic mass is 16.6. The maximum absolute atomic E-state index is 11.7. The van der Waals surface area contributed by atoms with Gasteiger partial charge in [-0.25, -0.2) is 9.59 Å². The predicted molar refractivity (Wildman–Crippen MR) is 63.9 cm³/mol. The summed E-state index contributed by atoms with van der Waals surface area (Å²) in [5.41, 5.74) is 0. The van der Waals surface area contributed by atoms with Crippen molar-refractivity contribution in [1.82, 2.24) is 4.90 Å². The van der Waals surface area contributed by atoms with Crippen molar-refractivity contribution in [3.8, 4) is 0 Å². The van der Waals surface area contributed by atoms with Crippen LogP contribution in [0.5, 0.6) is 0 Å². The third-order valence-electron chi connectivity index (χ3n) is 2.37. The molecule has 0 aliphatic carbocycles. The molecule has 0 N–H and O–H groups in total. The van der Waals surface area contributed by atoms with E-state index in [1.54, 1.807) is 19.9 Å². The van der Waals surface area contributed by atoms with Crippen LogP contribution in [-0.4, -0.2) is 49.4 Å². The summed E-state index contributed by atoms with van der Waals surface area (Å²) in [7, 11) is 0. The van der Waals surface area contributed by atoms with Crippen molar-refractivity contribution in [2.45, 2.75) is 26.8 Å². The molecular weight excluding hydrogens is 238 g/mol. The van der Waals surface area contributed by atoms with Crippen molar-refractivity contribution in [2.24, 2.45) is 0 Å². The minimum Gasteiger partial charge on any atom is -0.497 e. The summed E-state index contributed by atoms with van der Waals surface area (Å²) < 4.78 is 15.1. The monoisotopic (exact) mass is 257 g/mol. The molecule has 0 spiro atoms. The van der Waals surface area contributed by atoms with Crippen LogP contribution in [0.25, 0.3) is 0 Å². The van der Waals surface area contributed by atoms with Gasteiger partial charge in [0.25, 0.3) is 0 Å². The van der Waals surface area contributed by atoms with Crippen LogP contribution in [0.15, 0.2) is 11.8 Å². The molecule has 0 aromatic heterocycles. The first-order chi connectivity index (χ1) is 8.63. The molecule has 1 rings (SSSR count). The number of esters is 1. The number of carbonyl (C=O) groups is 2. The molecule has 18 heavy (non-hydrogen) atoms. The maximum atomic E-state index is 11.7. The number of hydrogen-bond acceptors (Lipinski definition) is 5. The summed E-state index contributed by atoms with van der Waals surface area (Å²) >= 11 is 0. The number of rotatable bonds is 5. The van der Waals surface area contributed by atoms with Gasteiger partial charge in [-0.15, -0.1) is 0 Å². The fraction of sp³-hybridized carbons (Fsp3) is 0.667. The molecule has 0 fully saturated rings. The Hall–Kier alpha value is -1.72. The molecule has 1 aliphatic heterocycles. The van der Waals surface area contributed by atoms with Crippen LogP contribution in [0.3, 0.4) is 0 Å². The Morgan fingerprint density at radius 2 is 1.89 bits per heavy atom. The zero-order valence-electron chi connectivity index (χ0n) is 11.0. The van der Waals surface area contributed by atoms with E-state index in [0.29, 0.717) is 12.4 Å². The summed E-state index contributed by atoms with van der Waals surface area (Å²) in [5.74, 6) is 0.115. The van der Waals surface area contributed by atoms with E-state index < -0.39 is 18.1 Å². The van der Waals surface area contributed by atoms with Crippen LogP contribution >= 0.6 is 0 Å². The average Bonchev–Trinajstić information content (AvgIpc) is 2.74. The van der Waals surface area contributed by atoms with E-state index >= 15 is 0 Å². The second-order valence-electron chi connectivity index (χ2n) is 3.59. The number of hydrogen-bond donors (Lipinski definition) is 0. The molecule has 1 atom stereocenters. The highest BCUT2D eigenvalue weighted by Crippen LogP contribution is 2.19. The normalized spacial score (nSPS) is 18.3. The second-order valence-corrected chi connectivity index (χ2v) is 3.59. The van der Waals surface area contributed by atoms with E-state index in [9.17, 15) is 9.59 Å². The number of ether oxygens (including phenoxy) is 3. The molecule has 0 aromatic carbocycles. The Morgan fingerprint density at radius 3 is 2.44 bits per heavy atom. The SMILES string of the molecule is CCOC(=O)[C@@H]1C=C(OCC)CN1C(=O)OCC. The van der Waals surface area contributed by atoms with Crippen molar-refractivity contribution in [1.29, 1.82) is 0 Å². The Morgan fingerprint density at radius 1 is 1.22 bits per heavy atom. The molecule has 6 nitrogen and oxygen atoms in total. The number of nitrogens with zero attached hydrogens (tertiary/aromatic N) is 1. The molecule has 1 amide bonds. The van der Waals surface area contributed by atoms with Gasteiger partial charge in [-0.3, -0.25) is 4.90 Å². The first-order valence-corrected chi connectivity index (χ1v) is 6.07. The van der Waals surface area contributed by atoms with Crippen LogP contribution in [0.1, 0.15) is 20.8 Å². The molecular formula is C12H19NO5. The van der Waals surface area contributed by atoms with Crippen molar-refractivity contribution in [2.75, 3.05) is 26.4 Å². The molecule has 0 aromatic rings. The minimum atomic E-state index is -0.759. The van der Waals surface area contributed by atoms with Crippen LogP contribution in [-0.2, 0) is 19.0 Å². The van der Waals surface area contributed by atoms with Crippen molar-refractivity contribution in [3.63, 3.8) is 0 Å². The van der Waals surface area contributed by atoms with Gasteiger partial charge in [0.1, 0.15) is 5.76 Å². The molecule has 0 saturated heterocycles. The van der Waals surface area contributed by atoms with Gasteiger partial charge >= 0.3 is 12.1 Å². The zero-order chi connectivity index (χ0) is 13.5. The predicted octanol–water partition coefficient (Wildman–Crippen LogP) is 1.31. The van der Waals surface area contributed by atoms with Crippen molar-refractivity contribution in [3.05, 3.63) is 11.8 Å². The summed E-state index contributed by atoms with van der Waals surface area (Å²) in [4.78, 5) is 24.8. The number of carbonyl (C=O) groups excluding carboxylic acids is 2. The van der Waals surface area contributed by atoms with Gasteiger partial charge in [-0.05, 0) is 26.8 Å². The Labute approximate surface area is 106 Å². The van der Waals surface area contributed by atoms with Crippen LogP contribution in [0.4, 0.5) is 4.79 Å².